The Bertz CT molecular complexity index is 871. The van der Waals surface area contributed by atoms with E-state index in [2.05, 4.69) is 20.9 Å². The average molecular weight is 406 g/mol. The molecule has 2 heterocycles. The molecule has 0 aromatic heterocycles. The lowest BCUT2D eigenvalue weighted by Crippen LogP contribution is -2.45. The molecular formula is C19H17BrFNO3. The van der Waals surface area contributed by atoms with Crippen LogP contribution in [-0.2, 0) is 14.3 Å². The maximum Gasteiger partial charge on any atom is 0.192 e. The Labute approximate surface area is 153 Å². The van der Waals surface area contributed by atoms with E-state index < -0.39 is 17.4 Å². The van der Waals surface area contributed by atoms with Crippen LogP contribution in [0.4, 0.5) is 4.39 Å². The zero-order valence-corrected chi connectivity index (χ0v) is 15.5. The summed E-state index contributed by atoms with van der Waals surface area (Å²) in [5, 5.41) is 0. The molecule has 1 fully saturated rings. The van der Waals surface area contributed by atoms with Gasteiger partial charge in [-0.15, -0.1) is 0 Å². The Morgan fingerprint density at radius 2 is 2.00 bits per heavy atom. The summed E-state index contributed by atoms with van der Waals surface area (Å²) in [4.78, 5) is 30.2. The van der Waals surface area contributed by atoms with Gasteiger partial charge in [-0.25, -0.2) is 4.39 Å². The summed E-state index contributed by atoms with van der Waals surface area (Å²) in [6.45, 7) is 3.70. The lowest BCUT2D eigenvalue weighted by atomic mass is 9.71. The molecule has 2 atom stereocenters. The summed E-state index contributed by atoms with van der Waals surface area (Å²) in [5.74, 6) is -1.30. The molecule has 130 valence electrons. The highest BCUT2D eigenvalue weighted by atomic mass is 79.9. The van der Waals surface area contributed by atoms with Crippen LogP contribution in [0.25, 0.3) is 0 Å². The van der Waals surface area contributed by atoms with Crippen molar-refractivity contribution in [2.24, 2.45) is 10.9 Å². The number of ketones is 2. The molecule has 0 radical (unpaired) electrons. The predicted octanol–water partition coefficient (Wildman–Crippen LogP) is 3.74. The van der Waals surface area contributed by atoms with Gasteiger partial charge in [0.05, 0.1) is 22.7 Å². The third kappa shape index (κ3) is 2.54. The third-order valence-electron chi connectivity index (χ3n) is 5.23. The molecule has 2 unspecified atom stereocenters. The van der Waals surface area contributed by atoms with Gasteiger partial charge in [-0.05, 0) is 53.9 Å². The van der Waals surface area contributed by atoms with Gasteiger partial charge in [-0.3, -0.25) is 14.6 Å². The third-order valence-corrected chi connectivity index (χ3v) is 5.84. The normalized spacial score (nSPS) is 27.9. The lowest BCUT2D eigenvalue weighted by molar-refractivity contribution is -0.138. The number of fused-ring (bicyclic) bond motifs is 1. The highest BCUT2D eigenvalue weighted by Gasteiger charge is 2.50. The van der Waals surface area contributed by atoms with E-state index in [1.807, 2.05) is 0 Å². The van der Waals surface area contributed by atoms with Crippen LogP contribution in [0, 0.1) is 11.7 Å². The zero-order valence-electron chi connectivity index (χ0n) is 13.9. The number of ether oxygens (including phenoxy) is 1. The van der Waals surface area contributed by atoms with Crippen molar-refractivity contribution in [1.29, 1.82) is 0 Å². The monoisotopic (exact) mass is 405 g/mol. The molecule has 25 heavy (non-hydrogen) atoms. The van der Waals surface area contributed by atoms with E-state index in [1.54, 1.807) is 26.0 Å². The molecular weight excluding hydrogens is 389 g/mol. The second-order valence-corrected chi connectivity index (χ2v) is 8.04. The average Bonchev–Trinajstić information content (AvgIpc) is 2.93. The molecule has 6 heteroatoms. The van der Waals surface area contributed by atoms with Crippen LogP contribution in [-0.4, -0.2) is 29.5 Å². The second kappa shape index (κ2) is 5.68. The molecule has 0 bridgehead atoms. The fraction of sp³-hybridized carbons (Fsp3) is 0.421. The minimum Gasteiger partial charge on any atom is -0.361 e. The number of rotatable bonds is 1. The van der Waals surface area contributed by atoms with E-state index in [0.717, 1.165) is 11.3 Å². The molecule has 1 aromatic rings. The Morgan fingerprint density at radius 1 is 1.24 bits per heavy atom. The number of Topliss-reactive ketones (excluding diaryl/α,β-unsaturated/α-hetero) is 2. The Kier molecular flexibility index (Phi) is 3.81. The van der Waals surface area contributed by atoms with E-state index >= 15 is 0 Å². The number of benzene rings is 1. The maximum absolute atomic E-state index is 13.7. The Balaban J connectivity index is 1.92. The predicted molar refractivity (Wildman–Crippen MR) is 94.1 cm³/mol. The number of nitrogens with zero attached hydrogens (tertiary/aromatic N) is 1. The summed E-state index contributed by atoms with van der Waals surface area (Å²) in [6.07, 6.45) is 1.04. The van der Waals surface area contributed by atoms with E-state index in [-0.39, 0.29) is 24.0 Å². The highest BCUT2D eigenvalue weighted by molar-refractivity contribution is 9.10. The van der Waals surface area contributed by atoms with E-state index in [1.165, 1.54) is 6.07 Å². The molecule has 3 aliphatic rings. The van der Waals surface area contributed by atoms with Crippen LogP contribution < -0.4 is 0 Å². The standard InChI is InChI=1S/C19H17BrFNO3/c1-19(2)18(24)17-13(8-25-19)22-12-5-6-14(23)16(12)15(17)9-3-4-11(21)10(20)7-9/h3-4,7,15-16H,5-6,8H2,1-2H3. The van der Waals surface area contributed by atoms with Crippen LogP contribution in [0.3, 0.4) is 0 Å². The number of carbonyl (C=O) groups excluding carboxylic acids is 2. The molecule has 1 saturated carbocycles. The summed E-state index contributed by atoms with van der Waals surface area (Å²) in [6, 6.07) is 4.67. The highest BCUT2D eigenvalue weighted by Crippen LogP contribution is 2.47. The summed E-state index contributed by atoms with van der Waals surface area (Å²) in [7, 11) is 0. The quantitative estimate of drug-likeness (QED) is 0.714. The number of hydrogen-bond acceptors (Lipinski definition) is 4. The minimum atomic E-state index is -0.955. The first-order valence-electron chi connectivity index (χ1n) is 8.26. The van der Waals surface area contributed by atoms with Crippen molar-refractivity contribution in [3.63, 3.8) is 0 Å². The van der Waals surface area contributed by atoms with Crippen molar-refractivity contribution in [3.8, 4) is 0 Å². The fourth-order valence-electron chi connectivity index (χ4n) is 3.92. The number of carbonyl (C=O) groups is 2. The second-order valence-electron chi connectivity index (χ2n) is 7.19. The largest absolute Gasteiger partial charge is 0.361 e. The molecule has 0 amide bonds. The van der Waals surface area contributed by atoms with Crippen molar-refractivity contribution < 1.29 is 18.7 Å². The zero-order chi connectivity index (χ0) is 17.9. The van der Waals surface area contributed by atoms with Gasteiger partial charge in [-0.1, -0.05) is 6.07 Å². The topological polar surface area (TPSA) is 55.7 Å². The van der Waals surface area contributed by atoms with Gasteiger partial charge in [-0.2, -0.15) is 0 Å². The molecule has 0 N–H and O–H groups in total. The molecule has 1 aliphatic carbocycles. The number of halogens is 2. The van der Waals surface area contributed by atoms with Crippen LogP contribution in [0.15, 0.2) is 38.9 Å². The van der Waals surface area contributed by atoms with Gasteiger partial charge in [0, 0.05) is 23.6 Å². The first-order valence-corrected chi connectivity index (χ1v) is 9.06. The first-order chi connectivity index (χ1) is 11.8. The van der Waals surface area contributed by atoms with Gasteiger partial charge in [0.15, 0.2) is 5.78 Å². The fourth-order valence-corrected chi connectivity index (χ4v) is 4.31. The number of aliphatic imine (C=N–C) groups is 1. The minimum absolute atomic E-state index is 0.0906. The van der Waals surface area contributed by atoms with Crippen molar-refractivity contribution >= 4 is 33.2 Å². The summed E-state index contributed by atoms with van der Waals surface area (Å²) >= 11 is 3.21. The molecule has 1 aromatic carbocycles. The SMILES string of the molecule is CC1(C)OCC2=C(C1=O)C(c1ccc(F)c(Br)c1)C1C(=O)CCC1=N2. The van der Waals surface area contributed by atoms with Crippen molar-refractivity contribution in [2.75, 3.05) is 6.61 Å². The van der Waals surface area contributed by atoms with Crippen LogP contribution in [0.2, 0.25) is 0 Å². The smallest absolute Gasteiger partial charge is 0.192 e. The summed E-state index contributed by atoms with van der Waals surface area (Å²) < 4.78 is 19.7. The Morgan fingerprint density at radius 3 is 2.72 bits per heavy atom. The molecule has 4 nitrogen and oxygen atoms in total. The van der Waals surface area contributed by atoms with Crippen molar-refractivity contribution in [1.82, 2.24) is 0 Å². The molecule has 2 aliphatic heterocycles. The van der Waals surface area contributed by atoms with Crippen LogP contribution in [0.1, 0.15) is 38.2 Å². The van der Waals surface area contributed by atoms with Gasteiger partial charge < -0.3 is 4.74 Å². The van der Waals surface area contributed by atoms with Crippen molar-refractivity contribution in [2.45, 2.75) is 38.2 Å². The first kappa shape index (κ1) is 16.8. The lowest BCUT2D eigenvalue weighted by Gasteiger charge is -2.38. The number of hydrogen-bond donors (Lipinski definition) is 0. The molecule has 0 spiro atoms. The van der Waals surface area contributed by atoms with Gasteiger partial charge in [0.1, 0.15) is 17.2 Å². The Hall–Kier alpha value is -1.66. The van der Waals surface area contributed by atoms with Crippen LogP contribution in [0.5, 0.6) is 0 Å². The van der Waals surface area contributed by atoms with Crippen LogP contribution >= 0.6 is 15.9 Å². The molecule has 4 rings (SSSR count). The van der Waals surface area contributed by atoms with E-state index in [0.29, 0.717) is 28.6 Å². The van der Waals surface area contributed by atoms with E-state index in [4.69, 9.17) is 4.74 Å². The molecule has 0 saturated heterocycles. The summed E-state index contributed by atoms with van der Waals surface area (Å²) in [5.41, 5.74) is 1.75. The van der Waals surface area contributed by atoms with Gasteiger partial charge in [0.2, 0.25) is 0 Å². The van der Waals surface area contributed by atoms with Crippen molar-refractivity contribution in [3.05, 3.63) is 45.3 Å². The van der Waals surface area contributed by atoms with Gasteiger partial charge >= 0.3 is 0 Å². The maximum atomic E-state index is 13.7. The van der Waals surface area contributed by atoms with Gasteiger partial charge in [0.25, 0.3) is 0 Å². The van der Waals surface area contributed by atoms with E-state index in [9.17, 15) is 14.0 Å².